The Morgan fingerprint density at radius 2 is 1.70 bits per heavy atom. The molecule has 2 amide bonds. The fourth-order valence-corrected chi connectivity index (χ4v) is 4.64. The zero-order valence-electron chi connectivity index (χ0n) is 17.4. The Kier molecular flexibility index (Phi) is 7.59. The zero-order valence-corrected chi connectivity index (χ0v) is 18.2. The second-order valence-electron chi connectivity index (χ2n) is 7.64. The molecule has 10 nitrogen and oxygen atoms in total. The lowest BCUT2D eigenvalue weighted by molar-refractivity contribution is -0.147. The normalized spacial score (nSPS) is 18.0. The second kappa shape index (κ2) is 10.2. The van der Waals surface area contributed by atoms with E-state index in [0.717, 1.165) is 36.6 Å². The number of hydrogen-bond acceptors (Lipinski definition) is 8. The van der Waals surface area contributed by atoms with Gasteiger partial charge in [-0.3, -0.25) is 14.5 Å². The molecule has 3 rings (SSSR count). The average molecular weight is 439 g/mol. The van der Waals surface area contributed by atoms with Crippen LogP contribution in [0.25, 0.3) is 0 Å². The molecule has 2 aliphatic rings. The Balaban J connectivity index is 1.45. The van der Waals surface area contributed by atoms with Gasteiger partial charge >= 0.3 is 0 Å². The smallest absolute Gasteiger partial charge is 0.229 e. The molecule has 0 saturated carbocycles. The summed E-state index contributed by atoms with van der Waals surface area (Å²) in [7, 11) is -3.59. The number of likely N-dealkylation sites (tertiary alicyclic amines) is 1. The molecule has 2 aliphatic heterocycles. The molecule has 2 saturated heterocycles. The number of imide groups is 1. The Labute approximate surface area is 177 Å². The lowest BCUT2D eigenvalue weighted by atomic mass is 10.1. The van der Waals surface area contributed by atoms with E-state index >= 15 is 0 Å². The van der Waals surface area contributed by atoms with Crippen LogP contribution in [0.3, 0.4) is 0 Å². The minimum atomic E-state index is -3.59. The van der Waals surface area contributed by atoms with Crippen LogP contribution in [0.5, 0.6) is 0 Å². The first-order valence-corrected chi connectivity index (χ1v) is 12.1. The first-order chi connectivity index (χ1) is 14.3. The van der Waals surface area contributed by atoms with Crippen molar-refractivity contribution < 1.29 is 18.0 Å². The molecule has 0 atom stereocenters. The fourth-order valence-electron chi connectivity index (χ4n) is 3.66. The molecule has 0 radical (unpaired) electrons. The third-order valence-corrected chi connectivity index (χ3v) is 6.59. The number of aryl methyl sites for hydroxylation is 1. The number of carbonyl (C=O) groups excluding carboxylic acids is 2. The average Bonchev–Trinajstić information content (AvgIpc) is 2.71. The molecule has 1 aromatic rings. The van der Waals surface area contributed by atoms with Crippen molar-refractivity contribution in [3.05, 3.63) is 11.9 Å². The summed E-state index contributed by atoms with van der Waals surface area (Å²) >= 11 is 0. The summed E-state index contributed by atoms with van der Waals surface area (Å²) in [4.78, 5) is 35.7. The van der Waals surface area contributed by atoms with Gasteiger partial charge in [0.25, 0.3) is 0 Å². The van der Waals surface area contributed by atoms with Gasteiger partial charge in [0, 0.05) is 51.6 Å². The van der Waals surface area contributed by atoms with Crippen LogP contribution in [0, 0.1) is 6.92 Å². The summed E-state index contributed by atoms with van der Waals surface area (Å²) in [6, 6.07) is 1.89. The number of piperidine rings is 2. The number of nitrogens with one attached hydrogen (secondary N) is 2. The van der Waals surface area contributed by atoms with Crippen molar-refractivity contribution in [1.82, 2.24) is 19.6 Å². The number of hydrogen-bond donors (Lipinski definition) is 2. The molecule has 0 unspecified atom stereocenters. The van der Waals surface area contributed by atoms with Gasteiger partial charge in [0.1, 0.15) is 17.5 Å². The van der Waals surface area contributed by atoms with Gasteiger partial charge in [-0.15, -0.1) is 0 Å². The molecular weight excluding hydrogens is 408 g/mol. The summed E-state index contributed by atoms with van der Waals surface area (Å²) < 4.78 is 26.9. The van der Waals surface area contributed by atoms with Crippen molar-refractivity contribution >= 4 is 33.5 Å². The molecule has 1 aromatic heterocycles. The van der Waals surface area contributed by atoms with Crippen LogP contribution >= 0.6 is 0 Å². The Hall–Kier alpha value is -2.27. The second-order valence-corrected chi connectivity index (χ2v) is 9.57. The molecule has 0 spiro atoms. The lowest BCUT2D eigenvalue weighted by Crippen LogP contribution is -2.44. The van der Waals surface area contributed by atoms with E-state index in [1.54, 1.807) is 0 Å². The Bertz CT molecular complexity index is 854. The number of carbonyl (C=O) groups is 2. The van der Waals surface area contributed by atoms with Crippen LogP contribution in [0.4, 0.5) is 11.6 Å². The molecule has 2 N–H and O–H groups in total. The highest BCUT2D eigenvalue weighted by atomic mass is 32.2. The van der Waals surface area contributed by atoms with Crippen molar-refractivity contribution in [3.63, 3.8) is 0 Å². The van der Waals surface area contributed by atoms with Crippen LogP contribution in [0.1, 0.15) is 44.3 Å². The molecule has 30 heavy (non-hydrogen) atoms. The van der Waals surface area contributed by atoms with Crippen molar-refractivity contribution in [3.8, 4) is 0 Å². The highest BCUT2D eigenvalue weighted by molar-refractivity contribution is 7.89. The summed E-state index contributed by atoms with van der Waals surface area (Å²) in [5, 5.41) is 3.13. The minimum Gasteiger partial charge on any atom is -0.369 e. The van der Waals surface area contributed by atoms with Crippen LogP contribution in [-0.4, -0.2) is 73.6 Å². The van der Waals surface area contributed by atoms with E-state index in [-0.39, 0.29) is 30.7 Å². The molecule has 3 heterocycles. The summed E-state index contributed by atoms with van der Waals surface area (Å²) in [5.41, 5.74) is 0. The largest absolute Gasteiger partial charge is 0.369 e. The third kappa shape index (κ3) is 6.36. The van der Waals surface area contributed by atoms with E-state index in [1.165, 1.54) is 6.42 Å². The standard InChI is InChI=1S/C19H30N6O4S/c1-15-22-16(14-17(23-15)24-10-3-2-4-11-24)20-8-9-21-30(28,29)13-12-25-18(26)6-5-7-19(25)27/h14,21H,2-13H2,1H3,(H,20,22,23). The van der Waals surface area contributed by atoms with Gasteiger partial charge in [0.05, 0.1) is 5.75 Å². The maximum Gasteiger partial charge on any atom is 0.229 e. The molecule has 2 fully saturated rings. The van der Waals surface area contributed by atoms with Crippen LogP contribution in [0.15, 0.2) is 6.07 Å². The monoisotopic (exact) mass is 438 g/mol. The van der Waals surface area contributed by atoms with Crippen molar-refractivity contribution in [2.24, 2.45) is 0 Å². The molecule has 0 bridgehead atoms. The van der Waals surface area contributed by atoms with Crippen molar-refractivity contribution in [2.75, 3.05) is 48.7 Å². The SMILES string of the molecule is Cc1nc(NCCNS(=O)(=O)CCN2C(=O)CCCC2=O)cc(N2CCCCC2)n1. The number of nitrogens with zero attached hydrogens (tertiary/aromatic N) is 4. The van der Waals surface area contributed by atoms with E-state index in [4.69, 9.17) is 0 Å². The van der Waals surface area contributed by atoms with Gasteiger partial charge in [-0.2, -0.15) is 0 Å². The topological polar surface area (TPSA) is 125 Å². The highest BCUT2D eigenvalue weighted by Crippen LogP contribution is 2.20. The van der Waals surface area contributed by atoms with Crippen LogP contribution < -0.4 is 14.9 Å². The van der Waals surface area contributed by atoms with E-state index in [0.29, 0.717) is 37.4 Å². The van der Waals surface area contributed by atoms with Crippen LogP contribution in [-0.2, 0) is 19.6 Å². The van der Waals surface area contributed by atoms with E-state index in [9.17, 15) is 18.0 Å². The van der Waals surface area contributed by atoms with Gasteiger partial charge in [-0.25, -0.2) is 23.1 Å². The third-order valence-electron chi connectivity index (χ3n) is 5.22. The molecule has 0 aliphatic carbocycles. The van der Waals surface area contributed by atoms with Crippen LogP contribution in [0.2, 0.25) is 0 Å². The number of amides is 2. The van der Waals surface area contributed by atoms with Gasteiger partial charge in [0.15, 0.2) is 0 Å². The number of anilines is 2. The highest BCUT2D eigenvalue weighted by Gasteiger charge is 2.27. The maximum atomic E-state index is 12.2. The van der Waals surface area contributed by atoms with E-state index in [1.807, 2.05) is 13.0 Å². The van der Waals surface area contributed by atoms with Gasteiger partial charge in [-0.05, 0) is 32.6 Å². The van der Waals surface area contributed by atoms with Crippen molar-refractivity contribution in [2.45, 2.75) is 45.4 Å². The first-order valence-electron chi connectivity index (χ1n) is 10.5. The quantitative estimate of drug-likeness (QED) is 0.425. The lowest BCUT2D eigenvalue weighted by Gasteiger charge is -2.28. The predicted octanol–water partition coefficient (Wildman–Crippen LogP) is 0.646. The Morgan fingerprint density at radius 3 is 2.40 bits per heavy atom. The first kappa shape index (κ1) is 22.4. The minimum absolute atomic E-state index is 0.106. The molecule has 11 heteroatoms. The predicted molar refractivity (Wildman–Crippen MR) is 114 cm³/mol. The van der Waals surface area contributed by atoms with Crippen molar-refractivity contribution in [1.29, 1.82) is 0 Å². The van der Waals surface area contributed by atoms with Gasteiger partial charge in [0.2, 0.25) is 21.8 Å². The maximum absolute atomic E-state index is 12.2. The van der Waals surface area contributed by atoms with Gasteiger partial charge < -0.3 is 10.2 Å². The molecule has 166 valence electrons. The number of rotatable bonds is 9. The van der Waals surface area contributed by atoms with E-state index < -0.39 is 10.0 Å². The Morgan fingerprint density at radius 1 is 1.00 bits per heavy atom. The molecular formula is C19H30N6O4S. The molecule has 0 aromatic carbocycles. The summed E-state index contributed by atoms with van der Waals surface area (Å²) in [6.07, 6.45) is 4.67. The number of aromatic nitrogens is 2. The van der Waals surface area contributed by atoms with E-state index in [2.05, 4.69) is 24.9 Å². The number of sulfonamides is 1. The summed E-state index contributed by atoms with van der Waals surface area (Å²) in [6.45, 7) is 4.23. The fraction of sp³-hybridized carbons (Fsp3) is 0.684. The summed E-state index contributed by atoms with van der Waals surface area (Å²) in [5.74, 6) is 1.32. The zero-order chi connectivity index (χ0) is 21.6. The van der Waals surface area contributed by atoms with Gasteiger partial charge in [-0.1, -0.05) is 0 Å².